The van der Waals surface area contributed by atoms with Crippen molar-refractivity contribution >= 4 is 10.0 Å². The van der Waals surface area contributed by atoms with Gasteiger partial charge in [0.25, 0.3) is 5.89 Å². The van der Waals surface area contributed by atoms with E-state index >= 15 is 0 Å². The summed E-state index contributed by atoms with van der Waals surface area (Å²) >= 11 is 0. The summed E-state index contributed by atoms with van der Waals surface area (Å²) in [5.41, 5.74) is -0.142. The first kappa shape index (κ1) is 16.1. The van der Waals surface area contributed by atoms with Gasteiger partial charge in [0, 0.05) is 11.1 Å². The molecule has 0 aliphatic carbocycles. The molecule has 0 unspecified atom stereocenters. The molecule has 2 N–H and O–H groups in total. The van der Waals surface area contributed by atoms with Crippen LogP contribution in [0.2, 0.25) is 0 Å². The fourth-order valence-electron chi connectivity index (χ4n) is 2.03. The third-order valence-corrected chi connectivity index (χ3v) is 4.06. The SMILES string of the molecule is NS(=O)(=O)c1ccccc1-c1noc(-c2cc(F)c(F)c(F)c2)n1. The second-order valence-corrected chi connectivity index (χ2v) is 6.25. The van der Waals surface area contributed by atoms with E-state index in [0.717, 1.165) is 0 Å². The second kappa shape index (κ2) is 5.73. The van der Waals surface area contributed by atoms with Crippen molar-refractivity contribution in [1.82, 2.24) is 10.1 Å². The number of halogens is 3. The molecule has 0 aliphatic heterocycles. The number of rotatable bonds is 3. The Hall–Kier alpha value is -2.72. The van der Waals surface area contributed by atoms with Crippen molar-refractivity contribution in [3.05, 3.63) is 53.8 Å². The van der Waals surface area contributed by atoms with Gasteiger partial charge in [0.1, 0.15) is 0 Å². The molecule has 0 saturated heterocycles. The molecule has 6 nitrogen and oxygen atoms in total. The Morgan fingerprint density at radius 1 is 1.04 bits per heavy atom. The Morgan fingerprint density at radius 2 is 1.67 bits per heavy atom. The van der Waals surface area contributed by atoms with Gasteiger partial charge in [-0.15, -0.1) is 0 Å². The van der Waals surface area contributed by atoms with E-state index < -0.39 is 27.5 Å². The first-order valence-electron chi connectivity index (χ1n) is 6.38. The maximum atomic E-state index is 13.3. The van der Waals surface area contributed by atoms with Crippen LogP contribution in [-0.2, 0) is 10.0 Å². The fraction of sp³-hybridized carbons (Fsp3) is 0. The maximum Gasteiger partial charge on any atom is 0.258 e. The standard InChI is InChI=1S/C14H8F3N3O3S/c15-9-5-7(6-10(16)12(9)17)14-19-13(20-23-14)8-3-1-2-4-11(8)24(18,21)22/h1-6H,(H2,18,21,22). The lowest BCUT2D eigenvalue weighted by Gasteiger charge is -2.02. The Morgan fingerprint density at radius 3 is 2.29 bits per heavy atom. The Balaban J connectivity index is 2.10. The van der Waals surface area contributed by atoms with Crippen molar-refractivity contribution in [2.45, 2.75) is 4.90 Å². The van der Waals surface area contributed by atoms with E-state index in [1.54, 1.807) is 0 Å². The minimum atomic E-state index is -4.05. The summed E-state index contributed by atoms with van der Waals surface area (Å²) in [6.07, 6.45) is 0. The van der Waals surface area contributed by atoms with Crippen LogP contribution in [-0.4, -0.2) is 18.6 Å². The average Bonchev–Trinajstić information content (AvgIpc) is 3.01. The molecule has 0 saturated carbocycles. The van der Waals surface area contributed by atoms with Crippen LogP contribution in [0.1, 0.15) is 0 Å². The average molecular weight is 355 g/mol. The zero-order valence-corrected chi connectivity index (χ0v) is 12.5. The summed E-state index contributed by atoms with van der Waals surface area (Å²) in [6.45, 7) is 0. The van der Waals surface area contributed by atoms with Crippen LogP contribution in [0.15, 0.2) is 45.8 Å². The van der Waals surface area contributed by atoms with Crippen LogP contribution in [0, 0.1) is 17.5 Å². The van der Waals surface area contributed by atoms with E-state index in [1.807, 2.05) is 0 Å². The summed E-state index contributed by atoms with van der Waals surface area (Å²) in [4.78, 5) is 3.64. The van der Waals surface area contributed by atoms with E-state index in [4.69, 9.17) is 9.66 Å². The summed E-state index contributed by atoms with van der Waals surface area (Å²) in [5.74, 6) is -4.94. The molecule has 0 fully saturated rings. The molecule has 124 valence electrons. The van der Waals surface area contributed by atoms with E-state index in [9.17, 15) is 21.6 Å². The van der Waals surface area contributed by atoms with E-state index in [2.05, 4.69) is 10.1 Å². The smallest absolute Gasteiger partial charge is 0.258 e. The first-order chi connectivity index (χ1) is 11.3. The third-order valence-electron chi connectivity index (χ3n) is 3.09. The molecule has 3 aromatic rings. The van der Waals surface area contributed by atoms with Crippen molar-refractivity contribution in [1.29, 1.82) is 0 Å². The lowest BCUT2D eigenvalue weighted by molar-refractivity contribution is 0.427. The van der Waals surface area contributed by atoms with Crippen LogP contribution in [0.4, 0.5) is 13.2 Å². The summed E-state index contributed by atoms with van der Waals surface area (Å²) in [5, 5.41) is 8.69. The van der Waals surface area contributed by atoms with Gasteiger partial charge in [0.05, 0.1) is 4.90 Å². The van der Waals surface area contributed by atoms with Gasteiger partial charge in [0.15, 0.2) is 17.5 Å². The fourth-order valence-corrected chi connectivity index (χ4v) is 2.76. The molecular formula is C14H8F3N3O3S. The van der Waals surface area contributed by atoms with Gasteiger partial charge in [-0.25, -0.2) is 26.7 Å². The number of benzene rings is 2. The summed E-state index contributed by atoms with van der Waals surface area (Å²) in [6, 6.07) is 6.98. The molecule has 1 heterocycles. The van der Waals surface area contributed by atoms with Crippen molar-refractivity contribution in [2.24, 2.45) is 5.14 Å². The highest BCUT2D eigenvalue weighted by molar-refractivity contribution is 7.89. The predicted octanol–water partition coefficient (Wildman–Crippen LogP) is 2.47. The van der Waals surface area contributed by atoms with E-state index in [1.165, 1.54) is 24.3 Å². The van der Waals surface area contributed by atoms with E-state index in [0.29, 0.717) is 12.1 Å². The molecule has 0 atom stereocenters. The van der Waals surface area contributed by atoms with Gasteiger partial charge in [-0.05, 0) is 24.3 Å². The number of aromatic nitrogens is 2. The van der Waals surface area contributed by atoms with Crippen molar-refractivity contribution in [3.63, 3.8) is 0 Å². The number of hydrogen-bond acceptors (Lipinski definition) is 5. The molecule has 2 aromatic carbocycles. The van der Waals surface area contributed by atoms with E-state index in [-0.39, 0.29) is 27.7 Å². The lowest BCUT2D eigenvalue weighted by atomic mass is 10.2. The zero-order chi connectivity index (χ0) is 17.5. The number of hydrogen-bond donors (Lipinski definition) is 1. The third kappa shape index (κ3) is 2.88. The molecule has 0 aliphatic rings. The van der Waals surface area contributed by atoms with Crippen molar-refractivity contribution in [2.75, 3.05) is 0 Å². The largest absolute Gasteiger partial charge is 0.334 e. The quantitative estimate of drug-likeness (QED) is 0.728. The van der Waals surface area contributed by atoms with Gasteiger partial charge in [-0.1, -0.05) is 17.3 Å². The van der Waals surface area contributed by atoms with Gasteiger partial charge in [-0.3, -0.25) is 0 Å². The number of primary sulfonamides is 1. The Labute approximate surface area is 133 Å². The van der Waals surface area contributed by atoms with Crippen LogP contribution in [0.3, 0.4) is 0 Å². The van der Waals surface area contributed by atoms with Gasteiger partial charge < -0.3 is 4.52 Å². The number of sulfonamides is 1. The Kier molecular flexibility index (Phi) is 3.85. The summed E-state index contributed by atoms with van der Waals surface area (Å²) in [7, 11) is -4.05. The van der Waals surface area contributed by atoms with Gasteiger partial charge in [0.2, 0.25) is 15.8 Å². The number of nitrogens with two attached hydrogens (primary N) is 1. The van der Waals surface area contributed by atoms with Crippen LogP contribution in [0.25, 0.3) is 22.8 Å². The molecule has 3 rings (SSSR count). The topological polar surface area (TPSA) is 99.1 Å². The lowest BCUT2D eigenvalue weighted by Crippen LogP contribution is -2.13. The van der Waals surface area contributed by atoms with Crippen LogP contribution < -0.4 is 5.14 Å². The monoisotopic (exact) mass is 355 g/mol. The highest BCUT2D eigenvalue weighted by Gasteiger charge is 2.20. The number of nitrogens with zero attached hydrogens (tertiary/aromatic N) is 2. The molecule has 0 radical (unpaired) electrons. The van der Waals surface area contributed by atoms with Gasteiger partial charge >= 0.3 is 0 Å². The minimum absolute atomic E-state index is 0.0538. The Bertz CT molecular complexity index is 1010. The minimum Gasteiger partial charge on any atom is -0.334 e. The van der Waals surface area contributed by atoms with Crippen molar-refractivity contribution in [3.8, 4) is 22.8 Å². The van der Waals surface area contributed by atoms with Gasteiger partial charge in [-0.2, -0.15) is 4.98 Å². The molecule has 0 bridgehead atoms. The summed E-state index contributed by atoms with van der Waals surface area (Å²) < 4.78 is 67.6. The van der Waals surface area contributed by atoms with Crippen molar-refractivity contribution < 1.29 is 26.1 Å². The maximum absolute atomic E-state index is 13.3. The first-order valence-corrected chi connectivity index (χ1v) is 7.93. The molecule has 0 amide bonds. The molecule has 10 heteroatoms. The molecule has 0 spiro atoms. The zero-order valence-electron chi connectivity index (χ0n) is 11.7. The molecule has 24 heavy (non-hydrogen) atoms. The van der Waals surface area contributed by atoms with Crippen LogP contribution >= 0.6 is 0 Å². The normalized spacial score (nSPS) is 11.7. The molecular weight excluding hydrogens is 347 g/mol. The highest BCUT2D eigenvalue weighted by Crippen LogP contribution is 2.28. The predicted molar refractivity (Wildman–Crippen MR) is 76.4 cm³/mol. The second-order valence-electron chi connectivity index (χ2n) is 4.72. The highest BCUT2D eigenvalue weighted by atomic mass is 32.2. The molecule has 1 aromatic heterocycles. The van der Waals surface area contributed by atoms with Crippen LogP contribution in [0.5, 0.6) is 0 Å².